The molecule has 0 heterocycles. The lowest BCUT2D eigenvalue weighted by atomic mass is 10.6. The number of ether oxygens (including phenoxy) is 2. The maximum absolute atomic E-state index is 6.67. The zero-order chi connectivity index (χ0) is 7.98. The molecule has 0 aliphatic heterocycles. The molecule has 58 valence electrons. The van der Waals surface area contributed by atoms with Crippen LogP contribution < -0.4 is 0 Å². The zero-order valence-electron chi connectivity index (χ0n) is 6.60. The van der Waals surface area contributed by atoms with Crippen molar-refractivity contribution in [1.29, 1.82) is 5.41 Å². The first kappa shape index (κ1) is 9.21. The highest BCUT2D eigenvalue weighted by Crippen LogP contribution is 1.98. The van der Waals surface area contributed by atoms with Gasteiger partial charge in [-0.3, -0.25) is 5.41 Å². The van der Waals surface area contributed by atoms with Crippen LogP contribution >= 0.6 is 0 Å². The van der Waals surface area contributed by atoms with E-state index in [-0.39, 0.29) is 6.29 Å². The van der Waals surface area contributed by atoms with Crippen LogP contribution in [-0.2, 0) is 9.47 Å². The summed E-state index contributed by atoms with van der Waals surface area (Å²) in [4.78, 5) is 0. The van der Waals surface area contributed by atoms with E-state index in [1.165, 1.54) is 0 Å². The largest absolute Gasteiger partial charge is 0.460 e. The minimum atomic E-state index is -0.275. The Morgan fingerprint density at radius 1 is 1.70 bits per heavy atom. The van der Waals surface area contributed by atoms with Crippen LogP contribution in [0.2, 0.25) is 0 Å². The molecule has 3 nitrogen and oxygen atoms in total. The summed E-state index contributed by atoms with van der Waals surface area (Å²) in [6, 6.07) is 0. The van der Waals surface area contributed by atoms with Gasteiger partial charge in [-0.1, -0.05) is 0 Å². The van der Waals surface area contributed by atoms with Gasteiger partial charge < -0.3 is 9.47 Å². The molecule has 10 heavy (non-hydrogen) atoms. The summed E-state index contributed by atoms with van der Waals surface area (Å²) in [5.41, 5.74) is 0. The van der Waals surface area contributed by atoms with Gasteiger partial charge >= 0.3 is 0 Å². The van der Waals surface area contributed by atoms with Crippen LogP contribution in [0.3, 0.4) is 0 Å². The Kier molecular flexibility index (Phi) is 4.63. The van der Waals surface area contributed by atoms with Gasteiger partial charge in [-0.25, -0.2) is 0 Å². The molecule has 3 heteroatoms. The summed E-state index contributed by atoms with van der Waals surface area (Å²) in [6.07, 6.45) is -0.275. The molecule has 0 radical (unpaired) electrons. The highest BCUT2D eigenvalue weighted by Gasteiger charge is 1.99. The van der Waals surface area contributed by atoms with Crippen molar-refractivity contribution in [3.05, 3.63) is 5.76 Å². The summed E-state index contributed by atoms with van der Waals surface area (Å²) in [6.45, 7) is 5.96. The number of hydrogen-bond acceptors (Lipinski definition) is 3. The van der Waals surface area contributed by atoms with Gasteiger partial charge in [-0.15, -0.1) is 0 Å². The Bertz CT molecular complexity index is 139. The molecule has 0 fully saturated rings. The smallest absolute Gasteiger partial charge is 0.197 e. The molecule has 0 aliphatic carbocycles. The summed E-state index contributed by atoms with van der Waals surface area (Å²) < 4.78 is 10.1. The van der Waals surface area contributed by atoms with Crippen molar-refractivity contribution in [2.24, 2.45) is 0 Å². The van der Waals surface area contributed by atoms with Gasteiger partial charge in [0.05, 0.1) is 0 Å². The van der Waals surface area contributed by atoms with Crippen molar-refractivity contribution in [3.63, 3.8) is 0 Å². The first-order chi connectivity index (χ1) is 4.70. The standard InChI is InChI=1S/C7H13NO2/c1-4-9-7(3)10-6(2)5-8/h7-8H,4H2,1-3H3. The van der Waals surface area contributed by atoms with Gasteiger partial charge in [0, 0.05) is 19.4 Å². The topological polar surface area (TPSA) is 42.3 Å². The normalized spacial score (nSPS) is 11.9. The van der Waals surface area contributed by atoms with Crippen molar-refractivity contribution in [2.45, 2.75) is 27.1 Å². The Morgan fingerprint density at radius 2 is 2.30 bits per heavy atom. The summed E-state index contributed by atoms with van der Waals surface area (Å²) >= 11 is 0. The van der Waals surface area contributed by atoms with Gasteiger partial charge in [-0.05, 0) is 13.8 Å². The van der Waals surface area contributed by atoms with Crippen LogP contribution in [0.1, 0.15) is 20.8 Å². The maximum Gasteiger partial charge on any atom is 0.197 e. The molecular weight excluding hydrogens is 130 g/mol. The predicted molar refractivity (Wildman–Crippen MR) is 39.1 cm³/mol. The molecule has 0 aliphatic rings. The Balaban J connectivity index is 3.57. The molecule has 1 atom stereocenters. The number of allylic oxidation sites excluding steroid dienone is 1. The van der Waals surface area contributed by atoms with E-state index in [0.29, 0.717) is 12.4 Å². The molecule has 0 spiro atoms. The van der Waals surface area contributed by atoms with Crippen molar-refractivity contribution in [2.75, 3.05) is 6.61 Å². The molecular formula is C7H13NO2. The van der Waals surface area contributed by atoms with Gasteiger partial charge in [0.15, 0.2) is 12.0 Å². The molecule has 0 saturated carbocycles. The van der Waals surface area contributed by atoms with E-state index >= 15 is 0 Å². The highest BCUT2D eigenvalue weighted by atomic mass is 16.7. The van der Waals surface area contributed by atoms with E-state index in [4.69, 9.17) is 14.9 Å². The molecule has 1 unspecified atom stereocenters. The summed E-state index contributed by atoms with van der Waals surface area (Å²) in [5, 5.41) is 6.67. The van der Waals surface area contributed by atoms with Crippen molar-refractivity contribution < 1.29 is 9.47 Å². The first-order valence-corrected chi connectivity index (χ1v) is 3.25. The fraction of sp³-hybridized carbons (Fsp3) is 0.714. The third-order valence-electron chi connectivity index (χ3n) is 0.920. The lowest BCUT2D eigenvalue weighted by molar-refractivity contribution is -0.0970. The van der Waals surface area contributed by atoms with Gasteiger partial charge in [0.2, 0.25) is 0 Å². The van der Waals surface area contributed by atoms with Crippen LogP contribution in [0.15, 0.2) is 5.76 Å². The second-order valence-corrected chi connectivity index (χ2v) is 1.82. The van der Waals surface area contributed by atoms with E-state index in [0.717, 1.165) is 0 Å². The molecule has 0 saturated heterocycles. The zero-order valence-corrected chi connectivity index (χ0v) is 6.60. The third kappa shape index (κ3) is 4.13. The number of nitrogens with one attached hydrogen (secondary N) is 1. The van der Waals surface area contributed by atoms with Crippen LogP contribution in [0, 0.1) is 5.41 Å². The summed E-state index contributed by atoms with van der Waals surface area (Å²) in [5.74, 6) is 2.56. The minimum absolute atomic E-state index is 0.275. The molecule has 0 aromatic rings. The quantitative estimate of drug-likeness (QED) is 0.368. The molecule has 0 rings (SSSR count). The predicted octanol–water partition coefficient (Wildman–Crippen LogP) is 1.54. The SMILES string of the molecule is CCOC(C)OC(C)=C=N. The van der Waals surface area contributed by atoms with E-state index in [1.807, 2.05) is 6.92 Å². The van der Waals surface area contributed by atoms with Crippen LogP contribution in [0.25, 0.3) is 0 Å². The van der Waals surface area contributed by atoms with E-state index in [9.17, 15) is 0 Å². The van der Waals surface area contributed by atoms with Crippen LogP contribution in [-0.4, -0.2) is 18.8 Å². The highest BCUT2D eigenvalue weighted by molar-refractivity contribution is 5.50. The van der Waals surface area contributed by atoms with E-state index in [2.05, 4.69) is 5.87 Å². The first-order valence-electron chi connectivity index (χ1n) is 3.25. The molecule has 0 bridgehead atoms. The second kappa shape index (κ2) is 5.03. The van der Waals surface area contributed by atoms with Gasteiger partial charge in [0.25, 0.3) is 0 Å². The molecule has 1 N–H and O–H groups in total. The average Bonchev–Trinajstić information content (AvgIpc) is 1.88. The molecule has 0 amide bonds. The van der Waals surface area contributed by atoms with Gasteiger partial charge in [0.1, 0.15) is 0 Å². The van der Waals surface area contributed by atoms with E-state index in [1.54, 1.807) is 13.8 Å². The van der Waals surface area contributed by atoms with Crippen LogP contribution in [0.5, 0.6) is 0 Å². The molecule has 0 aromatic carbocycles. The third-order valence-corrected chi connectivity index (χ3v) is 0.920. The second-order valence-electron chi connectivity index (χ2n) is 1.82. The Labute approximate surface area is 61.2 Å². The summed E-state index contributed by atoms with van der Waals surface area (Å²) in [7, 11) is 0. The molecule has 0 aromatic heterocycles. The van der Waals surface area contributed by atoms with Crippen LogP contribution in [0.4, 0.5) is 0 Å². The van der Waals surface area contributed by atoms with E-state index < -0.39 is 0 Å². The minimum Gasteiger partial charge on any atom is -0.460 e. The fourth-order valence-electron chi connectivity index (χ4n) is 0.547. The van der Waals surface area contributed by atoms with Crippen molar-refractivity contribution in [3.8, 4) is 0 Å². The Morgan fingerprint density at radius 3 is 2.70 bits per heavy atom. The number of hydrogen-bond donors (Lipinski definition) is 1. The average molecular weight is 143 g/mol. The lowest BCUT2D eigenvalue weighted by Crippen LogP contribution is -2.11. The van der Waals surface area contributed by atoms with Crippen molar-refractivity contribution in [1.82, 2.24) is 0 Å². The fourth-order valence-corrected chi connectivity index (χ4v) is 0.547. The lowest BCUT2D eigenvalue weighted by Gasteiger charge is -2.12. The number of rotatable bonds is 4. The Hall–Kier alpha value is -0.790. The van der Waals surface area contributed by atoms with Gasteiger partial charge in [-0.2, -0.15) is 0 Å². The maximum atomic E-state index is 6.67. The van der Waals surface area contributed by atoms with Crippen molar-refractivity contribution >= 4 is 5.87 Å². The monoisotopic (exact) mass is 143 g/mol.